The van der Waals surface area contributed by atoms with Crippen LogP contribution in [0.3, 0.4) is 0 Å². The minimum Gasteiger partial charge on any atom is -0.376 e. The van der Waals surface area contributed by atoms with Gasteiger partial charge >= 0.3 is 0 Å². The molecular weight excluding hydrogens is 435 g/mol. The topological polar surface area (TPSA) is 66.9 Å². The van der Waals surface area contributed by atoms with Crippen molar-refractivity contribution in [2.24, 2.45) is 5.92 Å². The molecule has 0 N–H and O–H groups in total. The third-order valence-electron chi connectivity index (χ3n) is 5.56. The van der Waals surface area contributed by atoms with E-state index >= 15 is 0 Å². The lowest BCUT2D eigenvalue weighted by atomic mass is 9.95. The molecule has 1 unspecified atom stereocenters. The van der Waals surface area contributed by atoms with Crippen LogP contribution in [0.1, 0.15) is 39.0 Å². The maximum absolute atomic E-state index is 13.0. The third-order valence-corrected chi connectivity index (χ3v) is 8.18. The first-order chi connectivity index (χ1) is 13.8. The van der Waals surface area contributed by atoms with Crippen LogP contribution in [0.5, 0.6) is 0 Å². The summed E-state index contributed by atoms with van der Waals surface area (Å²) in [7, 11) is -3.74. The van der Waals surface area contributed by atoms with Gasteiger partial charge in [-0.1, -0.05) is 30.1 Å². The fourth-order valence-electron chi connectivity index (χ4n) is 3.97. The predicted octanol–water partition coefficient (Wildman–Crippen LogP) is 3.81. The van der Waals surface area contributed by atoms with Gasteiger partial charge in [0.1, 0.15) is 4.90 Å². The second kappa shape index (κ2) is 9.96. The van der Waals surface area contributed by atoms with Crippen molar-refractivity contribution in [3.8, 4) is 0 Å². The van der Waals surface area contributed by atoms with Crippen molar-refractivity contribution >= 4 is 39.1 Å². The number of piperidine rings is 2. The third kappa shape index (κ3) is 5.44. The summed E-state index contributed by atoms with van der Waals surface area (Å²) >= 11 is 12.0. The Balaban J connectivity index is 1.60. The molecule has 2 heterocycles. The molecule has 3 rings (SSSR count). The summed E-state index contributed by atoms with van der Waals surface area (Å²) < 4.78 is 33.1. The smallest absolute Gasteiger partial charge is 0.244 e. The van der Waals surface area contributed by atoms with E-state index in [9.17, 15) is 13.2 Å². The number of carbonyl (C=O) groups excluding carboxylic acids is 1. The van der Waals surface area contributed by atoms with Crippen molar-refractivity contribution in [1.82, 2.24) is 9.21 Å². The Labute approximate surface area is 183 Å². The lowest BCUT2D eigenvalue weighted by Gasteiger charge is -2.37. The molecule has 1 aromatic carbocycles. The molecular formula is C20H28Cl2N2O4S. The van der Waals surface area contributed by atoms with Crippen molar-refractivity contribution in [2.75, 3.05) is 32.8 Å². The molecule has 1 aromatic rings. The SMILES string of the molecule is CCCOC1CCCN(C(=O)C2CCN(S(=O)(=O)c3cc(Cl)ccc3Cl)CC2)C1. The van der Waals surface area contributed by atoms with Crippen LogP contribution < -0.4 is 0 Å². The number of halogens is 2. The van der Waals surface area contributed by atoms with Crippen molar-refractivity contribution in [3.63, 3.8) is 0 Å². The average Bonchev–Trinajstić information content (AvgIpc) is 2.73. The molecule has 29 heavy (non-hydrogen) atoms. The van der Waals surface area contributed by atoms with Gasteiger partial charge in [0, 0.05) is 43.7 Å². The zero-order chi connectivity index (χ0) is 21.0. The van der Waals surface area contributed by atoms with Gasteiger partial charge in [0.25, 0.3) is 0 Å². The number of benzene rings is 1. The predicted molar refractivity (Wildman–Crippen MR) is 114 cm³/mol. The second-order valence-corrected chi connectivity index (χ2v) is 10.4. The van der Waals surface area contributed by atoms with Crippen molar-refractivity contribution < 1.29 is 17.9 Å². The second-order valence-electron chi connectivity index (χ2n) is 7.67. The van der Waals surface area contributed by atoms with Gasteiger partial charge in [-0.3, -0.25) is 4.79 Å². The largest absolute Gasteiger partial charge is 0.376 e. The first-order valence-electron chi connectivity index (χ1n) is 10.2. The molecule has 0 aliphatic carbocycles. The zero-order valence-corrected chi connectivity index (χ0v) is 19.0. The van der Waals surface area contributed by atoms with Gasteiger partial charge in [-0.15, -0.1) is 0 Å². The summed E-state index contributed by atoms with van der Waals surface area (Å²) in [5, 5.41) is 0.474. The van der Waals surface area contributed by atoms with E-state index in [0.717, 1.165) is 32.4 Å². The molecule has 2 aliphatic heterocycles. The molecule has 1 atom stereocenters. The number of likely N-dealkylation sites (tertiary alicyclic amines) is 1. The van der Waals surface area contributed by atoms with Crippen LogP contribution >= 0.6 is 23.2 Å². The number of hydrogen-bond donors (Lipinski definition) is 0. The van der Waals surface area contributed by atoms with Gasteiger partial charge in [-0.25, -0.2) is 8.42 Å². The molecule has 162 valence electrons. The van der Waals surface area contributed by atoms with Crippen LogP contribution in [0.25, 0.3) is 0 Å². The van der Waals surface area contributed by atoms with Crippen LogP contribution in [-0.4, -0.2) is 62.4 Å². The van der Waals surface area contributed by atoms with Gasteiger partial charge in [0.2, 0.25) is 15.9 Å². The van der Waals surface area contributed by atoms with Crippen molar-refractivity contribution in [1.29, 1.82) is 0 Å². The number of sulfonamides is 1. The average molecular weight is 463 g/mol. The quantitative estimate of drug-likeness (QED) is 0.644. The highest BCUT2D eigenvalue weighted by molar-refractivity contribution is 7.89. The monoisotopic (exact) mass is 462 g/mol. The molecule has 0 bridgehead atoms. The summed E-state index contributed by atoms with van der Waals surface area (Å²) in [4.78, 5) is 14.9. The van der Waals surface area contributed by atoms with E-state index in [-0.39, 0.29) is 27.8 Å². The Kier molecular flexibility index (Phi) is 7.84. The fourth-order valence-corrected chi connectivity index (χ4v) is 6.18. The Hall–Kier alpha value is -0.860. The van der Waals surface area contributed by atoms with E-state index in [2.05, 4.69) is 6.92 Å². The fraction of sp³-hybridized carbons (Fsp3) is 0.650. The summed E-state index contributed by atoms with van der Waals surface area (Å²) in [5.74, 6) is -0.0335. The Morgan fingerprint density at radius 1 is 1.17 bits per heavy atom. The van der Waals surface area contributed by atoms with E-state index in [1.54, 1.807) is 6.07 Å². The minimum absolute atomic E-state index is 0.0170. The normalized spacial score (nSPS) is 22.0. The van der Waals surface area contributed by atoms with Gasteiger partial charge in [-0.05, 0) is 50.3 Å². The summed E-state index contributed by atoms with van der Waals surface area (Å²) in [5.41, 5.74) is 0. The number of nitrogens with zero attached hydrogens (tertiary/aromatic N) is 2. The lowest BCUT2D eigenvalue weighted by Crippen LogP contribution is -2.48. The highest BCUT2D eigenvalue weighted by Crippen LogP contribution is 2.31. The van der Waals surface area contributed by atoms with E-state index in [1.165, 1.54) is 16.4 Å². The highest BCUT2D eigenvalue weighted by Gasteiger charge is 2.36. The van der Waals surface area contributed by atoms with Crippen LogP contribution in [0.4, 0.5) is 0 Å². The molecule has 0 aromatic heterocycles. The Morgan fingerprint density at radius 3 is 2.59 bits per heavy atom. The van der Waals surface area contributed by atoms with Crippen LogP contribution in [0, 0.1) is 5.92 Å². The number of amides is 1. The van der Waals surface area contributed by atoms with Gasteiger partial charge < -0.3 is 9.64 Å². The highest BCUT2D eigenvalue weighted by atomic mass is 35.5. The van der Waals surface area contributed by atoms with Gasteiger partial charge in [0.05, 0.1) is 11.1 Å². The maximum Gasteiger partial charge on any atom is 0.244 e. The molecule has 2 saturated heterocycles. The number of hydrogen-bond acceptors (Lipinski definition) is 4. The summed E-state index contributed by atoms with van der Waals surface area (Å²) in [6, 6.07) is 4.42. The summed E-state index contributed by atoms with van der Waals surface area (Å²) in [6.45, 7) is 4.77. The molecule has 2 aliphatic rings. The molecule has 2 fully saturated rings. The van der Waals surface area contributed by atoms with E-state index < -0.39 is 10.0 Å². The minimum atomic E-state index is -3.74. The Morgan fingerprint density at radius 2 is 1.90 bits per heavy atom. The molecule has 1 amide bonds. The standard InChI is InChI=1S/C20H28Cl2N2O4S/c1-2-12-28-17-4-3-9-23(14-17)20(25)15-7-10-24(11-8-15)29(26,27)19-13-16(21)5-6-18(19)22/h5-6,13,15,17H,2-4,7-12,14H2,1H3. The number of ether oxygens (including phenoxy) is 1. The van der Waals surface area contributed by atoms with Gasteiger partial charge in [0.15, 0.2) is 0 Å². The molecule has 0 saturated carbocycles. The molecule has 6 nitrogen and oxygen atoms in total. The number of carbonyl (C=O) groups is 1. The van der Waals surface area contributed by atoms with Crippen molar-refractivity contribution in [2.45, 2.75) is 50.0 Å². The first-order valence-corrected chi connectivity index (χ1v) is 12.4. The van der Waals surface area contributed by atoms with E-state index in [4.69, 9.17) is 27.9 Å². The lowest BCUT2D eigenvalue weighted by molar-refractivity contribution is -0.140. The number of rotatable bonds is 6. The van der Waals surface area contributed by atoms with E-state index in [0.29, 0.717) is 37.5 Å². The van der Waals surface area contributed by atoms with Crippen LogP contribution in [0.2, 0.25) is 10.0 Å². The summed E-state index contributed by atoms with van der Waals surface area (Å²) in [6.07, 6.45) is 4.02. The molecule has 9 heteroatoms. The van der Waals surface area contributed by atoms with Crippen LogP contribution in [-0.2, 0) is 19.6 Å². The van der Waals surface area contributed by atoms with E-state index in [1.807, 2.05) is 4.90 Å². The van der Waals surface area contributed by atoms with Crippen molar-refractivity contribution in [3.05, 3.63) is 28.2 Å². The first kappa shape index (κ1) is 22.8. The zero-order valence-electron chi connectivity index (χ0n) is 16.6. The molecule has 0 spiro atoms. The molecule has 0 radical (unpaired) electrons. The van der Waals surface area contributed by atoms with Crippen LogP contribution in [0.15, 0.2) is 23.1 Å². The van der Waals surface area contributed by atoms with Gasteiger partial charge in [-0.2, -0.15) is 4.31 Å². The maximum atomic E-state index is 13.0. The Bertz CT molecular complexity index is 826.